The molecule has 0 amide bonds. The fourth-order valence-corrected chi connectivity index (χ4v) is 2.85. The Morgan fingerprint density at radius 1 is 1.26 bits per heavy atom. The Labute approximate surface area is 181 Å². The van der Waals surface area contributed by atoms with Crippen molar-refractivity contribution in [2.75, 3.05) is 13.2 Å². The summed E-state index contributed by atoms with van der Waals surface area (Å²) in [5.74, 6) is -1.82. The van der Waals surface area contributed by atoms with Gasteiger partial charge < -0.3 is 23.8 Å². The molecule has 0 spiro atoms. The summed E-state index contributed by atoms with van der Waals surface area (Å²) in [5, 5.41) is 8.72. The summed E-state index contributed by atoms with van der Waals surface area (Å²) in [6.07, 6.45) is -9.94. The molecule has 10 nitrogen and oxygen atoms in total. The van der Waals surface area contributed by atoms with E-state index in [1.165, 1.54) is 12.1 Å². The molecular formula is C16H12Cl2F3NO9. The van der Waals surface area contributed by atoms with Crippen molar-refractivity contribution >= 4 is 41.4 Å². The van der Waals surface area contributed by atoms with Crippen molar-refractivity contribution in [3.05, 3.63) is 43.4 Å². The second-order valence-corrected chi connectivity index (χ2v) is 6.53. The first-order valence-corrected chi connectivity index (χ1v) is 8.89. The molecule has 1 heterocycles. The molecule has 0 bridgehead atoms. The van der Waals surface area contributed by atoms with Crippen molar-refractivity contribution in [2.24, 2.45) is 0 Å². The van der Waals surface area contributed by atoms with Gasteiger partial charge in [0.2, 0.25) is 12.4 Å². The van der Waals surface area contributed by atoms with E-state index >= 15 is 0 Å². The minimum atomic E-state index is -5.01. The van der Waals surface area contributed by atoms with Crippen molar-refractivity contribution in [1.82, 2.24) is 0 Å². The predicted molar refractivity (Wildman–Crippen MR) is 95.8 cm³/mol. The van der Waals surface area contributed by atoms with Crippen LogP contribution in [0.4, 0.5) is 18.0 Å². The number of carbonyl (C=O) groups is 2. The highest BCUT2D eigenvalue weighted by molar-refractivity contribution is 6.36. The molecule has 0 radical (unpaired) electrons. The topological polar surface area (TPSA) is 123 Å². The van der Waals surface area contributed by atoms with Crippen LogP contribution in [0, 0.1) is 10.1 Å². The number of benzene rings is 1. The molecule has 0 N–H and O–H groups in total. The second-order valence-electron chi connectivity index (χ2n) is 5.69. The van der Waals surface area contributed by atoms with Gasteiger partial charge in [0, 0.05) is 17.5 Å². The van der Waals surface area contributed by atoms with Crippen LogP contribution in [0.3, 0.4) is 0 Å². The molecule has 1 aliphatic rings. The normalized spacial score (nSPS) is 16.2. The molecule has 0 saturated carbocycles. The van der Waals surface area contributed by atoms with Crippen molar-refractivity contribution in [2.45, 2.75) is 25.5 Å². The lowest BCUT2D eigenvalue weighted by atomic mass is 10.0. The fraction of sp³-hybridized carbons (Fsp3) is 0.375. The van der Waals surface area contributed by atoms with Gasteiger partial charge in [0.05, 0.1) is 10.6 Å². The van der Waals surface area contributed by atoms with E-state index < -0.39 is 54.6 Å². The summed E-state index contributed by atoms with van der Waals surface area (Å²) >= 11 is 11.7. The second kappa shape index (κ2) is 9.92. The van der Waals surface area contributed by atoms with Gasteiger partial charge in [-0.15, -0.1) is 10.1 Å². The van der Waals surface area contributed by atoms with E-state index in [0.717, 1.165) is 13.0 Å². The summed E-state index contributed by atoms with van der Waals surface area (Å²) in [7, 11) is 0. The summed E-state index contributed by atoms with van der Waals surface area (Å²) in [6, 6.07) is 2.40. The Morgan fingerprint density at radius 3 is 2.55 bits per heavy atom. The van der Waals surface area contributed by atoms with Crippen LogP contribution in [0.1, 0.15) is 12.5 Å². The zero-order chi connectivity index (χ0) is 23.3. The largest absolute Gasteiger partial charge is 0.511 e. The van der Waals surface area contributed by atoms with Crippen LogP contribution in [0.5, 0.6) is 5.75 Å². The monoisotopic (exact) mass is 489 g/mol. The Balaban J connectivity index is 2.09. The van der Waals surface area contributed by atoms with Gasteiger partial charge in [-0.3, -0.25) is 0 Å². The van der Waals surface area contributed by atoms with Crippen molar-refractivity contribution in [3.63, 3.8) is 0 Å². The minimum Gasteiger partial charge on any atom is -0.474 e. The van der Waals surface area contributed by atoms with E-state index in [9.17, 15) is 32.9 Å². The molecule has 0 aliphatic carbocycles. The molecule has 2 atom stereocenters. The first kappa shape index (κ1) is 24.3. The molecule has 0 fully saturated rings. The van der Waals surface area contributed by atoms with Gasteiger partial charge in [-0.2, -0.15) is 13.2 Å². The van der Waals surface area contributed by atoms with Gasteiger partial charge in [-0.1, -0.05) is 23.2 Å². The summed E-state index contributed by atoms with van der Waals surface area (Å²) in [6.45, 7) is -0.118. The Kier molecular flexibility index (Phi) is 7.79. The van der Waals surface area contributed by atoms with Gasteiger partial charge in [-0.05, 0) is 18.2 Å². The summed E-state index contributed by atoms with van der Waals surface area (Å²) < 4.78 is 58.8. The molecular weight excluding hydrogens is 478 g/mol. The molecule has 31 heavy (non-hydrogen) atoms. The highest BCUT2D eigenvalue weighted by Gasteiger charge is 2.49. The molecule has 2 rings (SSSR count). The smallest absolute Gasteiger partial charge is 0.474 e. The molecule has 2 unspecified atom stereocenters. The molecule has 1 aromatic rings. The van der Waals surface area contributed by atoms with Crippen LogP contribution in [-0.2, 0) is 23.8 Å². The van der Waals surface area contributed by atoms with Crippen molar-refractivity contribution < 1.29 is 51.6 Å². The fourth-order valence-electron chi connectivity index (χ4n) is 2.29. The maximum atomic E-state index is 13.4. The molecule has 0 aromatic heterocycles. The van der Waals surface area contributed by atoms with Crippen molar-refractivity contribution in [1.29, 1.82) is 0 Å². The van der Waals surface area contributed by atoms with Crippen LogP contribution in [0.25, 0.3) is 6.08 Å². The lowest BCUT2D eigenvalue weighted by Gasteiger charge is -2.29. The number of fused-ring (bicyclic) bond motifs is 1. The molecule has 1 aromatic carbocycles. The Bertz CT molecular complexity index is 907. The van der Waals surface area contributed by atoms with Crippen molar-refractivity contribution in [3.8, 4) is 5.75 Å². The van der Waals surface area contributed by atoms with Crippen LogP contribution in [-0.4, -0.2) is 49.0 Å². The standard InChI is InChI=1S/C16H12Cl2F3NO9/c1-7(30-15(24)27-2-3-28-22(25)26)29-14(23)10-5-8-4-9(17)6-11(18)12(8)31-13(10)16(19,20)21/h4-7,13H,2-3H2,1H3. The number of hydrogen-bond donors (Lipinski definition) is 0. The van der Waals surface area contributed by atoms with E-state index in [1.54, 1.807) is 0 Å². The number of halogens is 5. The van der Waals surface area contributed by atoms with Crippen LogP contribution < -0.4 is 4.74 Å². The van der Waals surface area contributed by atoms with E-state index in [2.05, 4.69) is 14.3 Å². The van der Waals surface area contributed by atoms with E-state index in [1.807, 2.05) is 0 Å². The number of hydrogen-bond acceptors (Lipinski definition) is 9. The Hall–Kier alpha value is -2.93. The third-order valence-corrected chi connectivity index (χ3v) is 3.93. The number of ether oxygens (including phenoxy) is 4. The third-order valence-electron chi connectivity index (χ3n) is 3.43. The van der Waals surface area contributed by atoms with Gasteiger partial charge in [0.1, 0.15) is 19.0 Å². The lowest BCUT2D eigenvalue weighted by Crippen LogP contribution is -2.41. The van der Waals surface area contributed by atoms with E-state index in [-0.39, 0.29) is 21.4 Å². The SMILES string of the molecule is CC(OC(=O)OCCO[N+](=O)[O-])OC(=O)C1=Cc2cc(Cl)cc(Cl)c2OC1C(F)(F)F. The molecule has 0 saturated heterocycles. The average Bonchev–Trinajstić information content (AvgIpc) is 2.63. The van der Waals surface area contributed by atoms with Crippen LogP contribution in [0.2, 0.25) is 10.0 Å². The number of rotatable bonds is 7. The zero-order valence-corrected chi connectivity index (χ0v) is 16.8. The van der Waals surface area contributed by atoms with Gasteiger partial charge >= 0.3 is 18.3 Å². The highest BCUT2D eigenvalue weighted by atomic mass is 35.5. The first-order valence-electron chi connectivity index (χ1n) is 8.14. The first-order chi connectivity index (χ1) is 14.4. The molecule has 170 valence electrons. The van der Waals surface area contributed by atoms with Gasteiger partial charge in [-0.25, -0.2) is 9.59 Å². The quantitative estimate of drug-likeness (QED) is 0.184. The lowest BCUT2D eigenvalue weighted by molar-refractivity contribution is -0.757. The Morgan fingerprint density at radius 2 is 1.94 bits per heavy atom. The minimum absolute atomic E-state index is 0.00345. The molecule has 1 aliphatic heterocycles. The third kappa shape index (κ3) is 6.79. The van der Waals surface area contributed by atoms with Crippen LogP contribution in [0.15, 0.2) is 17.7 Å². The van der Waals surface area contributed by atoms with E-state index in [0.29, 0.717) is 0 Å². The molecule has 15 heteroatoms. The van der Waals surface area contributed by atoms with Crippen LogP contribution >= 0.6 is 23.2 Å². The maximum Gasteiger partial charge on any atom is 0.511 e. The zero-order valence-electron chi connectivity index (χ0n) is 15.3. The number of carbonyl (C=O) groups excluding carboxylic acids is 2. The summed E-state index contributed by atoms with van der Waals surface area (Å²) in [4.78, 5) is 37.5. The average molecular weight is 490 g/mol. The van der Waals surface area contributed by atoms with Gasteiger partial charge in [0.25, 0.3) is 5.09 Å². The number of esters is 1. The number of alkyl halides is 3. The number of nitrogens with zero attached hydrogens (tertiary/aromatic N) is 1. The maximum absolute atomic E-state index is 13.4. The predicted octanol–water partition coefficient (Wildman–Crippen LogP) is 3.95. The van der Waals surface area contributed by atoms with E-state index in [4.69, 9.17) is 32.7 Å². The summed E-state index contributed by atoms with van der Waals surface area (Å²) in [5.41, 5.74) is -0.940. The highest BCUT2D eigenvalue weighted by Crippen LogP contribution is 2.42. The van der Waals surface area contributed by atoms with Gasteiger partial charge in [0.15, 0.2) is 0 Å².